The second-order valence-corrected chi connectivity index (χ2v) is 12.0. The Hall–Kier alpha value is -3.81. The van der Waals surface area contributed by atoms with Crippen LogP contribution in [0, 0.1) is 0 Å². The Morgan fingerprint density at radius 2 is 1.90 bits per heavy atom. The van der Waals surface area contributed by atoms with E-state index in [-0.39, 0.29) is 49.3 Å². The molecule has 4 heterocycles. The maximum atomic E-state index is 12.9. The fourth-order valence-corrected chi connectivity index (χ4v) is 5.31. The summed E-state index contributed by atoms with van der Waals surface area (Å²) in [4.78, 5) is 39.6. The second-order valence-electron chi connectivity index (χ2n) is 12.0. The summed E-state index contributed by atoms with van der Waals surface area (Å²) >= 11 is 0. The van der Waals surface area contributed by atoms with E-state index in [2.05, 4.69) is 46.4 Å². The number of ether oxygens (including phenoxy) is 3. The average Bonchev–Trinajstić information content (AvgIpc) is 3.55. The van der Waals surface area contributed by atoms with E-state index in [1.807, 2.05) is 38.1 Å². The Kier molecular flexibility index (Phi) is 7.38. The Balaban J connectivity index is 1.17. The van der Waals surface area contributed by atoms with Crippen LogP contribution in [0.3, 0.4) is 0 Å². The van der Waals surface area contributed by atoms with Crippen molar-refractivity contribution in [1.82, 2.24) is 29.7 Å². The molecular weight excluding hydrogens is 528 g/mol. The van der Waals surface area contributed by atoms with Gasteiger partial charge in [-0.3, -0.25) is 9.36 Å². The number of hydrogen-bond acceptors (Lipinski definition) is 9. The number of imidazole rings is 1. The summed E-state index contributed by atoms with van der Waals surface area (Å²) in [6, 6.07) is 7.35. The first-order valence-corrected chi connectivity index (χ1v) is 13.6. The summed E-state index contributed by atoms with van der Waals surface area (Å²) in [5.41, 5.74) is 7.81. The number of likely N-dealkylation sites (N-methyl/N-ethyl adjacent to an activating group) is 1. The lowest BCUT2D eigenvalue weighted by atomic mass is 9.87. The molecule has 3 amide bonds. The zero-order valence-corrected chi connectivity index (χ0v) is 24.3. The molecule has 0 spiro atoms. The maximum absolute atomic E-state index is 12.9. The molecule has 220 valence electrons. The minimum atomic E-state index is -1.04. The highest BCUT2D eigenvalue weighted by Crippen LogP contribution is 2.47. The van der Waals surface area contributed by atoms with E-state index in [0.29, 0.717) is 16.9 Å². The third-order valence-electron chi connectivity index (χ3n) is 7.40. The van der Waals surface area contributed by atoms with Crippen molar-refractivity contribution >= 4 is 34.6 Å². The Morgan fingerprint density at radius 3 is 2.61 bits per heavy atom. The molecule has 0 saturated carbocycles. The van der Waals surface area contributed by atoms with Gasteiger partial charge in [-0.1, -0.05) is 32.9 Å². The number of nitrogens with zero attached hydrogens (tertiary/aromatic N) is 5. The van der Waals surface area contributed by atoms with Crippen molar-refractivity contribution in [2.45, 2.75) is 70.2 Å². The molecule has 3 aromatic rings. The van der Waals surface area contributed by atoms with E-state index in [1.54, 1.807) is 22.8 Å². The van der Waals surface area contributed by atoms with E-state index in [9.17, 15) is 9.59 Å². The van der Waals surface area contributed by atoms with Gasteiger partial charge in [0, 0.05) is 32.2 Å². The zero-order valence-electron chi connectivity index (χ0n) is 24.3. The summed E-state index contributed by atoms with van der Waals surface area (Å²) in [5.74, 6) is -0.788. The van der Waals surface area contributed by atoms with Gasteiger partial charge in [-0.25, -0.2) is 19.7 Å². The number of nitrogens with one attached hydrogen (secondary N) is 2. The van der Waals surface area contributed by atoms with E-state index >= 15 is 0 Å². The van der Waals surface area contributed by atoms with Crippen LogP contribution in [-0.4, -0.2) is 81.1 Å². The quantitative estimate of drug-likeness (QED) is 0.391. The second kappa shape index (κ2) is 10.5. The van der Waals surface area contributed by atoms with Crippen LogP contribution in [0.25, 0.3) is 11.2 Å². The number of benzene rings is 1. The van der Waals surface area contributed by atoms with Gasteiger partial charge >= 0.3 is 6.03 Å². The number of carbonyl (C=O) groups excluding carboxylic acids is 2. The number of aromatic nitrogens is 4. The van der Waals surface area contributed by atoms with Crippen molar-refractivity contribution < 1.29 is 23.8 Å². The monoisotopic (exact) mass is 566 g/mol. The van der Waals surface area contributed by atoms with Crippen LogP contribution in [0.2, 0.25) is 0 Å². The van der Waals surface area contributed by atoms with Crippen molar-refractivity contribution in [2.75, 3.05) is 37.8 Å². The number of amides is 3. The predicted molar refractivity (Wildman–Crippen MR) is 152 cm³/mol. The van der Waals surface area contributed by atoms with E-state index in [0.717, 1.165) is 0 Å². The topological polar surface area (TPSA) is 159 Å². The van der Waals surface area contributed by atoms with Crippen LogP contribution >= 0.6 is 0 Å². The van der Waals surface area contributed by atoms with Crippen LogP contribution in [0.4, 0.5) is 16.3 Å². The number of hydrogen-bond donors (Lipinski definition) is 3. The maximum Gasteiger partial charge on any atom is 0.319 e. The standard InChI is InChI=1S/C28H38N8O5/c1-26(2,3)17-7-9-18(10-8-17)34-25(38)30-12-11-20(37)35(6)13-19-22-28(14-39-19,41-27(4,5)40-22)36-16-33-21-23(29)31-15-32-24(21)36/h7-10,15-16,19,22H,11-14H2,1-6H3,(H2,29,31,32)(H2,30,34,38). The molecule has 3 atom stereocenters. The molecule has 0 bridgehead atoms. The van der Waals surface area contributed by atoms with Crippen LogP contribution in [0.15, 0.2) is 36.9 Å². The van der Waals surface area contributed by atoms with Crippen molar-refractivity contribution in [3.63, 3.8) is 0 Å². The van der Waals surface area contributed by atoms with Gasteiger partial charge < -0.3 is 35.5 Å². The molecule has 5 rings (SSSR count). The minimum absolute atomic E-state index is 0.0304. The largest absolute Gasteiger partial charge is 0.382 e. The molecule has 2 aliphatic heterocycles. The normalized spacial score (nSPS) is 23.4. The number of nitrogens with two attached hydrogens (primary N) is 1. The fraction of sp³-hybridized carbons (Fsp3) is 0.536. The number of carbonyl (C=O) groups is 2. The number of nitrogen functional groups attached to an aromatic ring is 1. The molecule has 2 saturated heterocycles. The summed E-state index contributed by atoms with van der Waals surface area (Å²) < 4.78 is 20.6. The molecule has 41 heavy (non-hydrogen) atoms. The third kappa shape index (κ3) is 5.69. The van der Waals surface area contributed by atoms with E-state index < -0.39 is 23.7 Å². The van der Waals surface area contributed by atoms with Crippen LogP contribution < -0.4 is 16.4 Å². The van der Waals surface area contributed by atoms with E-state index in [4.69, 9.17) is 19.9 Å². The first kappa shape index (κ1) is 28.7. The van der Waals surface area contributed by atoms with Gasteiger partial charge in [-0.15, -0.1) is 0 Å². The number of fused-ring (bicyclic) bond motifs is 2. The molecule has 13 heteroatoms. The smallest absolute Gasteiger partial charge is 0.319 e. The Labute approximate surface area is 238 Å². The lowest BCUT2D eigenvalue weighted by Crippen LogP contribution is -2.47. The number of rotatable bonds is 7. The molecule has 2 aliphatic rings. The van der Waals surface area contributed by atoms with Crippen molar-refractivity contribution in [1.29, 1.82) is 0 Å². The zero-order chi connectivity index (χ0) is 29.6. The molecule has 0 radical (unpaired) electrons. The summed E-state index contributed by atoms with van der Waals surface area (Å²) in [7, 11) is 1.70. The van der Waals surface area contributed by atoms with Gasteiger partial charge in [-0.05, 0) is 37.0 Å². The van der Waals surface area contributed by atoms with Crippen molar-refractivity contribution in [2.24, 2.45) is 0 Å². The molecule has 1 aromatic carbocycles. The fourth-order valence-electron chi connectivity index (χ4n) is 5.31. The van der Waals surface area contributed by atoms with Gasteiger partial charge in [0.2, 0.25) is 11.6 Å². The molecular formula is C28H38N8O5. The minimum Gasteiger partial charge on any atom is -0.382 e. The van der Waals surface area contributed by atoms with Crippen LogP contribution in [0.1, 0.15) is 46.6 Å². The Bertz CT molecular complexity index is 1430. The lowest BCUT2D eigenvalue weighted by Gasteiger charge is -2.29. The number of anilines is 2. The highest BCUT2D eigenvalue weighted by molar-refractivity contribution is 5.89. The first-order chi connectivity index (χ1) is 19.3. The predicted octanol–water partition coefficient (Wildman–Crippen LogP) is 2.58. The highest BCUT2D eigenvalue weighted by Gasteiger charge is 2.63. The van der Waals surface area contributed by atoms with Gasteiger partial charge in [0.25, 0.3) is 0 Å². The van der Waals surface area contributed by atoms with Gasteiger partial charge in [0.15, 0.2) is 17.3 Å². The van der Waals surface area contributed by atoms with Gasteiger partial charge in [0.05, 0.1) is 12.9 Å². The first-order valence-electron chi connectivity index (χ1n) is 13.6. The van der Waals surface area contributed by atoms with Crippen LogP contribution in [-0.2, 0) is 30.1 Å². The van der Waals surface area contributed by atoms with Crippen LogP contribution in [0.5, 0.6) is 0 Å². The SMILES string of the molecule is CN(CC1OCC2(n3cnc4c(N)ncnc43)OC(C)(C)OC12)C(=O)CCNC(=O)Nc1ccc(C(C)(C)C)cc1. The molecule has 4 N–H and O–H groups in total. The summed E-state index contributed by atoms with van der Waals surface area (Å²) in [6.07, 6.45) is 2.08. The third-order valence-corrected chi connectivity index (χ3v) is 7.40. The molecule has 13 nitrogen and oxygen atoms in total. The van der Waals surface area contributed by atoms with Gasteiger partial charge in [0.1, 0.15) is 24.1 Å². The average molecular weight is 567 g/mol. The van der Waals surface area contributed by atoms with Gasteiger partial charge in [-0.2, -0.15) is 0 Å². The van der Waals surface area contributed by atoms with Crippen molar-refractivity contribution in [3.05, 3.63) is 42.5 Å². The van der Waals surface area contributed by atoms with Crippen molar-refractivity contribution in [3.8, 4) is 0 Å². The molecule has 2 aromatic heterocycles. The highest BCUT2D eigenvalue weighted by atomic mass is 16.8. The van der Waals surface area contributed by atoms with E-state index in [1.165, 1.54) is 11.9 Å². The molecule has 0 aliphatic carbocycles. The summed E-state index contributed by atoms with van der Waals surface area (Å²) in [5, 5.41) is 5.54. The molecule has 3 unspecified atom stereocenters. The summed E-state index contributed by atoms with van der Waals surface area (Å²) in [6.45, 7) is 10.7. The number of urea groups is 1. The molecule has 2 fully saturated rings. The lowest BCUT2D eigenvalue weighted by molar-refractivity contribution is -0.205. The Morgan fingerprint density at radius 1 is 1.17 bits per heavy atom.